The van der Waals surface area contributed by atoms with Crippen molar-refractivity contribution in [1.82, 2.24) is 0 Å². The number of carbonyl (C=O) groups excluding carboxylic acids is 1. The monoisotopic (exact) mass is 368 g/mol. The van der Waals surface area contributed by atoms with Gasteiger partial charge >= 0.3 is 5.97 Å². The first-order chi connectivity index (χ1) is 11.6. The number of carbonyl (C=O) groups is 1. The molecule has 0 bridgehead atoms. The lowest BCUT2D eigenvalue weighted by Gasteiger charge is -2.44. The Bertz CT molecular complexity index is 460. The van der Waals surface area contributed by atoms with Crippen LogP contribution in [0.25, 0.3) is 0 Å². The summed E-state index contributed by atoms with van der Waals surface area (Å²) in [6.45, 7) is 2.20. The summed E-state index contributed by atoms with van der Waals surface area (Å²) in [4.78, 5) is 10.8. The van der Waals surface area contributed by atoms with Crippen LogP contribution in [0.2, 0.25) is 0 Å². The van der Waals surface area contributed by atoms with Crippen LogP contribution in [0.15, 0.2) is 0 Å². The van der Waals surface area contributed by atoms with Crippen LogP contribution >= 0.6 is 0 Å². The van der Waals surface area contributed by atoms with Gasteiger partial charge in [-0.1, -0.05) is 0 Å². The molecular formula is C14H24O11. The van der Waals surface area contributed by atoms with Crippen LogP contribution in [-0.2, 0) is 23.7 Å². The van der Waals surface area contributed by atoms with Crippen molar-refractivity contribution in [2.75, 3.05) is 6.61 Å². The van der Waals surface area contributed by atoms with Crippen molar-refractivity contribution in [3.63, 3.8) is 0 Å². The Hall–Kier alpha value is -0.890. The van der Waals surface area contributed by atoms with Crippen LogP contribution in [0.4, 0.5) is 0 Å². The summed E-state index contributed by atoms with van der Waals surface area (Å²) in [5.41, 5.74) is 0. The van der Waals surface area contributed by atoms with E-state index in [9.17, 15) is 35.4 Å². The molecule has 1 unspecified atom stereocenters. The third-order valence-corrected chi connectivity index (χ3v) is 4.21. The fourth-order valence-electron chi connectivity index (χ4n) is 2.69. The van der Waals surface area contributed by atoms with Crippen molar-refractivity contribution in [3.05, 3.63) is 0 Å². The third kappa shape index (κ3) is 4.45. The minimum atomic E-state index is -1.73. The van der Waals surface area contributed by atoms with Crippen LogP contribution in [0.5, 0.6) is 0 Å². The maximum absolute atomic E-state index is 10.8. The standard InChI is InChI=1S/C14H24O11/c1-4-7(16)9(18)11(20)14(23-4)25-12-10(19)8(17)6(24-13(12)21)3-22-5(2)15/h4,6-14,16-21H,3H2,1-2H3/t4-,6+,7-,8+,9+,10-,11+,12+,13?,14-/m0/s1. The highest BCUT2D eigenvalue weighted by atomic mass is 16.7. The summed E-state index contributed by atoms with van der Waals surface area (Å²) >= 11 is 0. The fourth-order valence-corrected chi connectivity index (χ4v) is 2.69. The molecular weight excluding hydrogens is 344 g/mol. The number of esters is 1. The lowest BCUT2D eigenvalue weighted by Crippen LogP contribution is -2.63. The van der Waals surface area contributed by atoms with Gasteiger partial charge in [-0.05, 0) is 6.92 Å². The van der Waals surface area contributed by atoms with Gasteiger partial charge in [-0.25, -0.2) is 0 Å². The maximum atomic E-state index is 10.8. The van der Waals surface area contributed by atoms with Gasteiger partial charge < -0.3 is 49.6 Å². The summed E-state index contributed by atoms with van der Waals surface area (Å²) in [7, 11) is 0. The summed E-state index contributed by atoms with van der Waals surface area (Å²) in [5.74, 6) is -0.626. The number of aliphatic hydroxyl groups is 6. The lowest BCUT2D eigenvalue weighted by molar-refractivity contribution is -0.358. The molecule has 0 radical (unpaired) electrons. The molecule has 146 valence electrons. The highest BCUT2D eigenvalue weighted by Gasteiger charge is 2.49. The Morgan fingerprint density at radius 2 is 1.56 bits per heavy atom. The van der Waals surface area contributed by atoms with E-state index in [-0.39, 0.29) is 6.61 Å². The molecule has 2 saturated heterocycles. The predicted molar refractivity (Wildman–Crippen MR) is 76.8 cm³/mol. The third-order valence-electron chi connectivity index (χ3n) is 4.21. The van der Waals surface area contributed by atoms with E-state index < -0.39 is 67.4 Å². The largest absolute Gasteiger partial charge is 0.463 e. The van der Waals surface area contributed by atoms with Crippen LogP contribution < -0.4 is 0 Å². The van der Waals surface area contributed by atoms with Gasteiger partial charge in [0.1, 0.15) is 49.3 Å². The summed E-state index contributed by atoms with van der Waals surface area (Å²) < 4.78 is 20.2. The Labute approximate surface area is 143 Å². The molecule has 11 heteroatoms. The van der Waals surface area contributed by atoms with E-state index in [4.69, 9.17) is 14.2 Å². The van der Waals surface area contributed by atoms with Crippen molar-refractivity contribution < 1.29 is 54.4 Å². The van der Waals surface area contributed by atoms with Gasteiger partial charge in [0.15, 0.2) is 12.6 Å². The highest BCUT2D eigenvalue weighted by Crippen LogP contribution is 2.28. The molecule has 0 aromatic carbocycles. The van der Waals surface area contributed by atoms with Gasteiger partial charge in [0.25, 0.3) is 0 Å². The van der Waals surface area contributed by atoms with E-state index in [1.165, 1.54) is 6.92 Å². The molecule has 2 aliphatic rings. The molecule has 6 N–H and O–H groups in total. The molecule has 0 spiro atoms. The maximum Gasteiger partial charge on any atom is 0.302 e. The second-order valence-corrected chi connectivity index (χ2v) is 6.13. The Balaban J connectivity index is 2.01. The number of hydrogen-bond acceptors (Lipinski definition) is 11. The van der Waals surface area contributed by atoms with E-state index in [1.54, 1.807) is 0 Å². The molecule has 0 saturated carbocycles. The second-order valence-electron chi connectivity index (χ2n) is 6.13. The number of ether oxygens (including phenoxy) is 4. The first-order valence-corrected chi connectivity index (χ1v) is 7.81. The number of rotatable bonds is 4. The molecule has 25 heavy (non-hydrogen) atoms. The molecule has 0 aliphatic carbocycles. The van der Waals surface area contributed by atoms with E-state index in [1.807, 2.05) is 0 Å². The first-order valence-electron chi connectivity index (χ1n) is 7.81. The summed E-state index contributed by atoms with van der Waals surface area (Å²) in [6, 6.07) is 0. The van der Waals surface area contributed by atoms with Gasteiger partial charge in [0.2, 0.25) is 0 Å². The molecule has 0 aromatic heterocycles. The van der Waals surface area contributed by atoms with Gasteiger partial charge in [0.05, 0.1) is 6.10 Å². The number of hydrogen-bond donors (Lipinski definition) is 6. The second kappa shape index (κ2) is 8.20. The van der Waals surface area contributed by atoms with Crippen molar-refractivity contribution in [1.29, 1.82) is 0 Å². The Morgan fingerprint density at radius 1 is 0.920 bits per heavy atom. The van der Waals surface area contributed by atoms with Gasteiger partial charge in [-0.3, -0.25) is 4.79 Å². The summed E-state index contributed by atoms with van der Waals surface area (Å²) in [6.07, 6.45) is -14.6. The molecule has 2 aliphatic heterocycles. The Kier molecular flexibility index (Phi) is 6.70. The first kappa shape index (κ1) is 20.4. The average molecular weight is 368 g/mol. The predicted octanol–water partition coefficient (Wildman–Crippen LogP) is -3.80. The van der Waals surface area contributed by atoms with Crippen LogP contribution in [0.1, 0.15) is 13.8 Å². The highest BCUT2D eigenvalue weighted by molar-refractivity contribution is 5.65. The molecule has 0 aromatic rings. The van der Waals surface area contributed by atoms with E-state index in [2.05, 4.69) is 4.74 Å². The van der Waals surface area contributed by atoms with Gasteiger partial charge in [0, 0.05) is 6.92 Å². The van der Waals surface area contributed by atoms with E-state index >= 15 is 0 Å². The number of aliphatic hydroxyl groups excluding tert-OH is 6. The van der Waals surface area contributed by atoms with Crippen molar-refractivity contribution in [2.24, 2.45) is 0 Å². The lowest BCUT2D eigenvalue weighted by atomic mass is 9.97. The van der Waals surface area contributed by atoms with Crippen LogP contribution in [0.3, 0.4) is 0 Å². The van der Waals surface area contributed by atoms with Crippen molar-refractivity contribution >= 4 is 5.97 Å². The smallest absolute Gasteiger partial charge is 0.302 e. The fraction of sp³-hybridized carbons (Fsp3) is 0.929. The van der Waals surface area contributed by atoms with Gasteiger partial charge in [-0.2, -0.15) is 0 Å². The van der Waals surface area contributed by atoms with Crippen molar-refractivity contribution in [3.8, 4) is 0 Å². The zero-order valence-corrected chi connectivity index (χ0v) is 13.7. The molecule has 11 nitrogen and oxygen atoms in total. The quantitative estimate of drug-likeness (QED) is 0.268. The molecule has 10 atom stereocenters. The minimum Gasteiger partial charge on any atom is -0.463 e. The molecule has 2 rings (SSSR count). The molecule has 2 fully saturated rings. The zero-order valence-electron chi connectivity index (χ0n) is 13.7. The van der Waals surface area contributed by atoms with Crippen LogP contribution in [0, 0.1) is 0 Å². The average Bonchev–Trinajstić information content (AvgIpc) is 2.55. The topological polar surface area (TPSA) is 175 Å². The van der Waals surface area contributed by atoms with Crippen molar-refractivity contribution in [2.45, 2.75) is 75.3 Å². The van der Waals surface area contributed by atoms with E-state index in [0.29, 0.717) is 0 Å². The Morgan fingerprint density at radius 3 is 2.16 bits per heavy atom. The zero-order chi connectivity index (χ0) is 18.9. The van der Waals surface area contributed by atoms with Crippen LogP contribution in [-0.4, -0.2) is 105 Å². The van der Waals surface area contributed by atoms with Gasteiger partial charge in [-0.15, -0.1) is 0 Å². The minimum absolute atomic E-state index is 0.387. The normalized spacial score (nSPS) is 48.2. The molecule has 0 amide bonds. The van der Waals surface area contributed by atoms with E-state index in [0.717, 1.165) is 6.92 Å². The summed E-state index contributed by atoms with van der Waals surface area (Å²) in [5, 5.41) is 59.4. The SMILES string of the molecule is CC(=O)OC[C@H]1OC(O)[C@H](O[C@@H]2O[C@@H](C)[C@H](O)[C@@H](O)[C@H]2O)[C@@H](O)[C@@H]1O. The molecule has 2 heterocycles.